The van der Waals surface area contributed by atoms with Gasteiger partial charge >= 0.3 is 0 Å². The molecule has 0 N–H and O–H groups in total. The van der Waals surface area contributed by atoms with Gasteiger partial charge in [-0.1, -0.05) is 84.0 Å². The van der Waals surface area contributed by atoms with E-state index in [0.29, 0.717) is 5.75 Å². The molecule has 19 heavy (non-hydrogen) atoms. The fraction of sp³-hybridized carbons (Fsp3) is 1.00. The Balaban J connectivity index is 3.03. The second-order valence-electron chi connectivity index (χ2n) is 5.87. The maximum atomic E-state index is 10.9. The van der Waals surface area contributed by atoms with Gasteiger partial charge in [-0.25, -0.2) is 8.42 Å². The Labute approximate surface area is 121 Å². The Morgan fingerprint density at radius 2 is 0.895 bits per heavy atom. The smallest absolute Gasteiger partial charge is 0.147 e. The Morgan fingerprint density at radius 1 is 0.579 bits per heavy atom. The van der Waals surface area contributed by atoms with Crippen LogP contribution in [0.15, 0.2) is 0 Å². The van der Waals surface area contributed by atoms with E-state index in [9.17, 15) is 8.42 Å². The third kappa shape index (κ3) is 17.9. The zero-order chi connectivity index (χ0) is 14.4. The van der Waals surface area contributed by atoms with Crippen molar-refractivity contribution in [1.29, 1.82) is 0 Å². The Kier molecular flexibility index (Phi) is 12.9. The Morgan fingerprint density at radius 3 is 1.21 bits per heavy atom. The first-order valence-corrected chi connectivity index (χ1v) is 10.3. The van der Waals surface area contributed by atoms with Crippen LogP contribution in [0.4, 0.5) is 0 Å². The summed E-state index contributed by atoms with van der Waals surface area (Å²) in [4.78, 5) is 0. The number of hydrogen-bond acceptors (Lipinski definition) is 2. The molecule has 0 radical (unpaired) electrons. The van der Waals surface area contributed by atoms with Crippen molar-refractivity contribution in [3.8, 4) is 0 Å². The highest BCUT2D eigenvalue weighted by atomic mass is 32.2. The average Bonchev–Trinajstić information content (AvgIpc) is 2.34. The monoisotopic (exact) mass is 290 g/mol. The average molecular weight is 291 g/mol. The molecule has 0 aliphatic carbocycles. The van der Waals surface area contributed by atoms with Crippen LogP contribution in [0.1, 0.15) is 90.4 Å². The summed E-state index contributed by atoms with van der Waals surface area (Å²) in [6.45, 7) is 2.26. The largest absolute Gasteiger partial charge is 0.229 e. The van der Waals surface area contributed by atoms with Gasteiger partial charge in [0.05, 0.1) is 0 Å². The molecular weight excluding hydrogens is 256 g/mol. The molecule has 0 heterocycles. The van der Waals surface area contributed by atoms with Crippen LogP contribution >= 0.6 is 0 Å². The van der Waals surface area contributed by atoms with Gasteiger partial charge in [-0.15, -0.1) is 0 Å². The molecule has 0 unspecified atom stereocenters. The van der Waals surface area contributed by atoms with Crippen LogP contribution in [-0.4, -0.2) is 20.4 Å². The highest BCUT2D eigenvalue weighted by molar-refractivity contribution is 7.90. The van der Waals surface area contributed by atoms with Crippen LogP contribution < -0.4 is 0 Å². The molecule has 3 heteroatoms. The van der Waals surface area contributed by atoms with Crippen molar-refractivity contribution >= 4 is 9.84 Å². The predicted octanol–water partition coefficient (Wildman–Crippen LogP) is 5.12. The highest BCUT2D eigenvalue weighted by Crippen LogP contribution is 2.12. The topological polar surface area (TPSA) is 34.1 Å². The van der Waals surface area contributed by atoms with Crippen molar-refractivity contribution in [2.45, 2.75) is 90.4 Å². The SMILES string of the molecule is CCCCCCCCCCCCCCCS(C)(=O)=O. The lowest BCUT2D eigenvalue weighted by Crippen LogP contribution is -2.02. The van der Waals surface area contributed by atoms with Crippen molar-refractivity contribution < 1.29 is 8.42 Å². The third-order valence-corrected chi connectivity index (χ3v) is 4.65. The first-order valence-electron chi connectivity index (χ1n) is 8.24. The first kappa shape index (κ1) is 18.9. The van der Waals surface area contributed by atoms with E-state index in [0.717, 1.165) is 12.8 Å². The van der Waals surface area contributed by atoms with Gasteiger partial charge in [-0.3, -0.25) is 0 Å². The predicted molar refractivity (Wildman–Crippen MR) is 85.4 cm³/mol. The second kappa shape index (κ2) is 13.0. The minimum absolute atomic E-state index is 0.366. The van der Waals surface area contributed by atoms with Crippen LogP contribution in [0.25, 0.3) is 0 Å². The zero-order valence-electron chi connectivity index (χ0n) is 13.1. The molecular formula is C16H34O2S. The standard InChI is InChI=1S/C16H34O2S/c1-3-4-5-6-7-8-9-10-11-12-13-14-15-16-19(2,17)18/h3-16H2,1-2H3. The van der Waals surface area contributed by atoms with Gasteiger partial charge in [-0.05, 0) is 6.42 Å². The van der Waals surface area contributed by atoms with E-state index in [1.165, 1.54) is 76.9 Å². The van der Waals surface area contributed by atoms with E-state index >= 15 is 0 Å². The fourth-order valence-electron chi connectivity index (χ4n) is 2.38. The van der Waals surface area contributed by atoms with E-state index in [1.54, 1.807) is 0 Å². The molecule has 0 atom stereocenters. The summed E-state index contributed by atoms with van der Waals surface area (Å²) < 4.78 is 21.9. The highest BCUT2D eigenvalue weighted by Gasteiger charge is 2.00. The first-order chi connectivity index (χ1) is 9.06. The van der Waals surface area contributed by atoms with E-state index in [1.807, 2.05) is 0 Å². The molecule has 0 bridgehead atoms. The quantitative estimate of drug-likeness (QED) is 0.416. The summed E-state index contributed by atoms with van der Waals surface area (Å²) in [7, 11) is -2.74. The van der Waals surface area contributed by atoms with Gasteiger partial charge in [0.25, 0.3) is 0 Å². The van der Waals surface area contributed by atoms with Crippen molar-refractivity contribution in [1.82, 2.24) is 0 Å². The molecule has 2 nitrogen and oxygen atoms in total. The van der Waals surface area contributed by atoms with E-state index in [-0.39, 0.29) is 0 Å². The van der Waals surface area contributed by atoms with Gasteiger partial charge in [0.2, 0.25) is 0 Å². The van der Waals surface area contributed by atoms with E-state index < -0.39 is 9.84 Å². The summed E-state index contributed by atoms with van der Waals surface area (Å²) in [5.74, 6) is 0.366. The van der Waals surface area contributed by atoms with E-state index in [2.05, 4.69) is 6.92 Å². The second-order valence-corrected chi connectivity index (χ2v) is 8.13. The fourth-order valence-corrected chi connectivity index (χ4v) is 3.11. The summed E-state index contributed by atoms with van der Waals surface area (Å²) in [5.41, 5.74) is 0. The molecule has 0 amide bonds. The van der Waals surface area contributed by atoms with Gasteiger partial charge in [0.1, 0.15) is 9.84 Å². The lowest BCUT2D eigenvalue weighted by molar-refractivity contribution is 0.541. The maximum absolute atomic E-state index is 10.9. The molecule has 0 rings (SSSR count). The molecule has 0 saturated heterocycles. The molecule has 0 aromatic rings. The molecule has 0 saturated carbocycles. The molecule has 0 aromatic heterocycles. The van der Waals surface area contributed by atoms with Crippen LogP contribution in [-0.2, 0) is 9.84 Å². The number of hydrogen-bond donors (Lipinski definition) is 0. The zero-order valence-corrected chi connectivity index (χ0v) is 13.9. The van der Waals surface area contributed by atoms with Crippen LogP contribution in [0.5, 0.6) is 0 Å². The van der Waals surface area contributed by atoms with Crippen molar-refractivity contribution in [2.75, 3.05) is 12.0 Å². The minimum Gasteiger partial charge on any atom is -0.229 e. The number of sulfone groups is 1. The summed E-state index contributed by atoms with van der Waals surface area (Å²) in [6.07, 6.45) is 18.2. The van der Waals surface area contributed by atoms with Gasteiger partial charge in [-0.2, -0.15) is 0 Å². The van der Waals surface area contributed by atoms with Crippen molar-refractivity contribution in [2.24, 2.45) is 0 Å². The lowest BCUT2D eigenvalue weighted by Gasteiger charge is -2.02. The van der Waals surface area contributed by atoms with Crippen LogP contribution in [0.3, 0.4) is 0 Å². The number of rotatable bonds is 14. The van der Waals surface area contributed by atoms with Crippen LogP contribution in [0.2, 0.25) is 0 Å². The van der Waals surface area contributed by atoms with Gasteiger partial charge in [0.15, 0.2) is 0 Å². The summed E-state index contributed by atoms with van der Waals surface area (Å²) in [5, 5.41) is 0. The van der Waals surface area contributed by atoms with Crippen molar-refractivity contribution in [3.05, 3.63) is 0 Å². The Hall–Kier alpha value is -0.0500. The molecule has 0 fully saturated rings. The Bertz CT molecular complexity index is 270. The van der Waals surface area contributed by atoms with Crippen LogP contribution in [0, 0.1) is 0 Å². The molecule has 116 valence electrons. The third-order valence-electron chi connectivity index (χ3n) is 3.62. The summed E-state index contributed by atoms with van der Waals surface area (Å²) >= 11 is 0. The molecule has 0 spiro atoms. The minimum atomic E-state index is -2.74. The summed E-state index contributed by atoms with van der Waals surface area (Å²) in [6, 6.07) is 0. The maximum Gasteiger partial charge on any atom is 0.147 e. The molecule has 0 aromatic carbocycles. The van der Waals surface area contributed by atoms with E-state index in [4.69, 9.17) is 0 Å². The van der Waals surface area contributed by atoms with Crippen molar-refractivity contribution in [3.63, 3.8) is 0 Å². The normalized spacial score (nSPS) is 11.9. The molecule has 0 aliphatic heterocycles. The molecule has 0 aliphatic rings. The lowest BCUT2D eigenvalue weighted by atomic mass is 10.1. The number of unbranched alkanes of at least 4 members (excludes halogenated alkanes) is 12. The van der Waals surface area contributed by atoms with Gasteiger partial charge in [0, 0.05) is 12.0 Å². The van der Waals surface area contributed by atoms with Gasteiger partial charge < -0.3 is 0 Å².